The molecule has 0 unspecified atom stereocenters. The lowest BCUT2D eigenvalue weighted by Crippen LogP contribution is -1.95. The minimum absolute atomic E-state index is 0.0968. The molecule has 0 radical (unpaired) electrons. The molecular weight excluding hydrogens is 506 g/mol. The van der Waals surface area contributed by atoms with Crippen LogP contribution in [0.5, 0.6) is 0 Å². The third kappa shape index (κ3) is 3.64. The number of nitriles is 3. The zero-order valence-corrected chi connectivity index (χ0v) is 20.2. The molecule has 2 aliphatic rings. The lowest BCUT2D eigenvalue weighted by molar-refractivity contribution is 0.627. The Morgan fingerprint density at radius 3 is 1.52 bits per heavy atom. The van der Waals surface area contributed by atoms with Gasteiger partial charge in [-0.05, 0) is 80.4 Å². The van der Waals surface area contributed by atoms with Crippen molar-refractivity contribution in [1.82, 2.24) is 0 Å². The molecular formula is C32H10F2N6. The summed E-state index contributed by atoms with van der Waals surface area (Å²) in [6, 6.07) is 19.6. The molecule has 0 spiro atoms. The molecule has 8 heteroatoms. The minimum atomic E-state index is -0.508. The standard InChI is InChI=1S/C32H10F2N6/c1-38-26(15-36)30-22-13-23-24(12-21(22)25(14-35)28(30)17-4-8-19(33)9-5-17)32(40-3)29(31(23)27(16-37)39-2)18-6-10-20(34)11-7-18/h4-13H/b30-26+,31-27-. The van der Waals surface area contributed by atoms with E-state index in [1.807, 2.05) is 12.1 Å². The topological polar surface area (TPSA) is 84.5 Å². The smallest absolute Gasteiger partial charge is 0.237 e. The number of hydrogen-bond acceptors (Lipinski definition) is 3. The van der Waals surface area contributed by atoms with Gasteiger partial charge in [-0.2, -0.15) is 5.26 Å². The monoisotopic (exact) mass is 516 g/mol. The Morgan fingerprint density at radius 1 is 0.625 bits per heavy atom. The maximum Gasteiger partial charge on any atom is 0.270 e. The van der Waals surface area contributed by atoms with Crippen LogP contribution in [0, 0.1) is 65.3 Å². The molecule has 0 heterocycles. The van der Waals surface area contributed by atoms with Crippen molar-refractivity contribution in [3.05, 3.63) is 151 Å². The van der Waals surface area contributed by atoms with Crippen molar-refractivity contribution in [3.8, 4) is 18.2 Å². The van der Waals surface area contributed by atoms with Gasteiger partial charge in [0.25, 0.3) is 11.4 Å². The van der Waals surface area contributed by atoms with E-state index in [2.05, 4.69) is 20.6 Å². The second-order valence-electron chi connectivity index (χ2n) is 8.55. The van der Waals surface area contributed by atoms with Crippen LogP contribution in [0.2, 0.25) is 0 Å². The third-order valence-electron chi connectivity index (χ3n) is 6.61. The lowest BCUT2D eigenvalue weighted by Gasteiger charge is -2.12. The van der Waals surface area contributed by atoms with Crippen LogP contribution in [0.1, 0.15) is 33.4 Å². The summed E-state index contributed by atoms with van der Waals surface area (Å²) in [5, 5.41) is 29.9. The van der Waals surface area contributed by atoms with E-state index in [1.54, 1.807) is 12.1 Å². The first-order chi connectivity index (χ1) is 19.4. The zero-order valence-electron chi connectivity index (χ0n) is 20.2. The van der Waals surface area contributed by atoms with Gasteiger partial charge in [-0.3, -0.25) is 0 Å². The summed E-state index contributed by atoms with van der Waals surface area (Å²) in [6.45, 7) is 23.2. The average Bonchev–Trinajstić information content (AvgIpc) is 3.46. The third-order valence-corrected chi connectivity index (χ3v) is 6.61. The Bertz CT molecular complexity index is 1870. The van der Waals surface area contributed by atoms with Gasteiger partial charge in [-0.25, -0.2) is 33.8 Å². The van der Waals surface area contributed by atoms with Crippen LogP contribution in [0.4, 0.5) is 8.78 Å². The molecule has 0 aliphatic heterocycles. The first-order valence-corrected chi connectivity index (χ1v) is 11.4. The first kappa shape index (κ1) is 25.1. The number of hydrogen-bond donors (Lipinski definition) is 0. The molecule has 5 rings (SSSR count). The summed E-state index contributed by atoms with van der Waals surface area (Å²) < 4.78 is 27.5. The first-order valence-electron chi connectivity index (χ1n) is 11.4. The molecule has 3 aromatic rings. The number of rotatable bonds is 2. The fourth-order valence-corrected chi connectivity index (χ4v) is 5.00. The molecule has 0 amide bonds. The zero-order chi connectivity index (χ0) is 28.6. The summed E-state index contributed by atoms with van der Waals surface area (Å²) in [6.07, 6.45) is 0. The van der Waals surface area contributed by atoms with Crippen molar-refractivity contribution in [3.63, 3.8) is 0 Å². The van der Waals surface area contributed by atoms with Crippen LogP contribution >= 0.6 is 0 Å². The van der Waals surface area contributed by atoms with Gasteiger partial charge in [0.1, 0.15) is 17.7 Å². The van der Waals surface area contributed by atoms with Crippen LogP contribution < -0.4 is 0 Å². The molecule has 0 saturated carbocycles. The molecule has 0 aromatic heterocycles. The molecule has 0 fully saturated rings. The highest BCUT2D eigenvalue weighted by Crippen LogP contribution is 2.54. The van der Waals surface area contributed by atoms with E-state index in [1.165, 1.54) is 48.5 Å². The highest BCUT2D eigenvalue weighted by Gasteiger charge is 2.36. The second kappa shape index (κ2) is 9.71. The summed E-state index contributed by atoms with van der Waals surface area (Å²) in [4.78, 5) is 10.4. The van der Waals surface area contributed by atoms with Gasteiger partial charge >= 0.3 is 0 Å². The van der Waals surface area contributed by atoms with Crippen molar-refractivity contribution in [1.29, 1.82) is 15.8 Å². The minimum Gasteiger partial charge on any atom is -0.237 e. The predicted octanol–water partition coefficient (Wildman–Crippen LogP) is 7.52. The molecule has 2 aliphatic carbocycles. The van der Waals surface area contributed by atoms with Crippen LogP contribution in [0.15, 0.2) is 72.1 Å². The SMILES string of the molecule is [C-]#[N+]C1=C(c2ccc(F)cc2)/C(=C(/C#N)[N+]#[C-])c2cc3c(cc21)C(C#N)=C(c1ccc(F)cc1)/C3=C(\C#N)[N+]#[C-]. The van der Waals surface area contributed by atoms with Crippen LogP contribution in [0.25, 0.3) is 48.1 Å². The van der Waals surface area contributed by atoms with Crippen molar-refractivity contribution in [2.45, 2.75) is 0 Å². The van der Waals surface area contributed by atoms with Crippen molar-refractivity contribution in [2.75, 3.05) is 0 Å². The van der Waals surface area contributed by atoms with Gasteiger partial charge in [0.2, 0.25) is 5.70 Å². The maximum atomic E-state index is 13.7. The van der Waals surface area contributed by atoms with Crippen LogP contribution in [0.3, 0.4) is 0 Å². The summed E-state index contributed by atoms with van der Waals surface area (Å²) in [7, 11) is 0. The molecule has 6 nitrogen and oxygen atoms in total. The second-order valence-corrected chi connectivity index (χ2v) is 8.55. The Balaban J connectivity index is 1.93. The molecule has 40 heavy (non-hydrogen) atoms. The Kier molecular flexibility index (Phi) is 6.09. The summed E-state index contributed by atoms with van der Waals surface area (Å²) in [5.41, 5.74) is 2.58. The fraction of sp³-hybridized carbons (Fsp3) is 0. The Morgan fingerprint density at radius 2 is 1.07 bits per heavy atom. The maximum absolute atomic E-state index is 13.7. The highest BCUT2D eigenvalue weighted by atomic mass is 19.1. The summed E-state index contributed by atoms with van der Waals surface area (Å²) in [5.74, 6) is -1.01. The van der Waals surface area contributed by atoms with E-state index in [0.29, 0.717) is 33.4 Å². The molecule has 0 atom stereocenters. The Hall–Kier alpha value is -6.58. The average molecular weight is 516 g/mol. The van der Waals surface area contributed by atoms with Gasteiger partial charge in [-0.1, -0.05) is 30.3 Å². The molecule has 0 N–H and O–H groups in total. The van der Waals surface area contributed by atoms with E-state index in [9.17, 15) is 24.6 Å². The van der Waals surface area contributed by atoms with Crippen molar-refractivity contribution in [2.24, 2.45) is 0 Å². The number of allylic oxidation sites excluding steroid dienone is 7. The number of fused-ring (bicyclic) bond motifs is 2. The van der Waals surface area contributed by atoms with E-state index in [0.717, 1.165) is 0 Å². The molecule has 3 aromatic carbocycles. The largest absolute Gasteiger partial charge is 0.270 e. The van der Waals surface area contributed by atoms with Gasteiger partial charge in [0.05, 0.1) is 37.4 Å². The summed E-state index contributed by atoms with van der Waals surface area (Å²) >= 11 is 0. The lowest BCUT2D eigenvalue weighted by atomic mass is 9.91. The Labute approximate surface area is 227 Å². The number of halogens is 2. The number of benzene rings is 3. The number of nitrogens with zero attached hydrogens (tertiary/aromatic N) is 6. The normalized spacial score (nSPS) is 15.5. The molecule has 182 valence electrons. The molecule has 0 saturated heterocycles. The van der Waals surface area contributed by atoms with E-state index in [-0.39, 0.29) is 45.0 Å². The van der Waals surface area contributed by atoms with Crippen molar-refractivity contribution >= 4 is 33.6 Å². The van der Waals surface area contributed by atoms with Crippen molar-refractivity contribution < 1.29 is 8.78 Å². The van der Waals surface area contributed by atoms with Gasteiger partial charge in [-0.15, -0.1) is 0 Å². The van der Waals surface area contributed by atoms with E-state index >= 15 is 0 Å². The van der Waals surface area contributed by atoms with E-state index < -0.39 is 11.6 Å². The highest BCUT2D eigenvalue weighted by molar-refractivity contribution is 6.29. The van der Waals surface area contributed by atoms with Gasteiger partial charge < -0.3 is 0 Å². The van der Waals surface area contributed by atoms with Crippen LogP contribution in [-0.4, -0.2) is 0 Å². The predicted molar refractivity (Wildman–Crippen MR) is 143 cm³/mol. The van der Waals surface area contributed by atoms with Crippen LogP contribution in [-0.2, 0) is 0 Å². The fourth-order valence-electron chi connectivity index (χ4n) is 5.00. The van der Waals surface area contributed by atoms with Gasteiger partial charge in [0.15, 0.2) is 0 Å². The van der Waals surface area contributed by atoms with Gasteiger partial charge in [0, 0.05) is 5.57 Å². The molecule has 0 bridgehead atoms. The van der Waals surface area contributed by atoms with E-state index in [4.69, 9.17) is 19.7 Å². The quantitative estimate of drug-likeness (QED) is 0.261.